The summed E-state index contributed by atoms with van der Waals surface area (Å²) in [6.07, 6.45) is 0.148. The number of urea groups is 1. The molecule has 1 unspecified atom stereocenters. The van der Waals surface area contributed by atoms with Crippen LogP contribution in [0.3, 0.4) is 0 Å². The van der Waals surface area contributed by atoms with Crippen LogP contribution in [0.5, 0.6) is 0 Å². The Balaban J connectivity index is 2.44. The number of aliphatic hydroxyl groups excluding tert-OH is 1. The molecule has 1 fully saturated rings. The number of nitrogens with one attached hydrogen (secondary N) is 1. The molecule has 6 nitrogen and oxygen atoms in total. The van der Waals surface area contributed by atoms with Crippen molar-refractivity contribution in [2.75, 3.05) is 13.1 Å². The smallest absolute Gasteiger partial charge is 0.312 e. The topological polar surface area (TPSA) is 95.7 Å². The SMILES string of the molecule is CC(NC(N)=O)C(=O)N1CC[C@@H](O)C1. The van der Waals surface area contributed by atoms with Crippen molar-refractivity contribution in [3.05, 3.63) is 0 Å². The molecule has 1 aliphatic heterocycles. The van der Waals surface area contributed by atoms with Crippen molar-refractivity contribution in [2.45, 2.75) is 25.5 Å². The Hall–Kier alpha value is -1.30. The molecule has 1 heterocycles. The van der Waals surface area contributed by atoms with Crippen LogP contribution in [0.1, 0.15) is 13.3 Å². The normalized spacial score (nSPS) is 23.3. The van der Waals surface area contributed by atoms with Gasteiger partial charge in [0.1, 0.15) is 6.04 Å². The van der Waals surface area contributed by atoms with Gasteiger partial charge in [0, 0.05) is 13.1 Å². The quantitative estimate of drug-likeness (QED) is 0.514. The van der Waals surface area contributed by atoms with Gasteiger partial charge in [-0.2, -0.15) is 0 Å². The first-order valence-electron chi connectivity index (χ1n) is 4.53. The van der Waals surface area contributed by atoms with Crippen molar-refractivity contribution in [1.29, 1.82) is 0 Å². The van der Waals surface area contributed by atoms with Crippen LogP contribution in [0.25, 0.3) is 0 Å². The highest BCUT2D eigenvalue weighted by Gasteiger charge is 2.27. The van der Waals surface area contributed by atoms with E-state index < -0.39 is 18.2 Å². The van der Waals surface area contributed by atoms with E-state index in [2.05, 4.69) is 5.32 Å². The molecule has 2 atom stereocenters. The number of β-amino-alcohol motifs (C(OH)–C–C–N with tert-alkyl or cyclic N) is 1. The molecule has 1 saturated heterocycles. The van der Waals surface area contributed by atoms with Crippen LogP contribution in [0.4, 0.5) is 4.79 Å². The number of carbonyl (C=O) groups is 2. The Bertz CT molecular complexity index is 244. The summed E-state index contributed by atoms with van der Waals surface area (Å²) in [5.41, 5.74) is 4.89. The second-order valence-electron chi connectivity index (χ2n) is 3.46. The lowest BCUT2D eigenvalue weighted by Crippen LogP contribution is -2.48. The van der Waals surface area contributed by atoms with E-state index in [1.54, 1.807) is 6.92 Å². The zero-order valence-corrected chi connectivity index (χ0v) is 8.06. The number of rotatable bonds is 2. The molecule has 3 amide bonds. The minimum atomic E-state index is -0.717. The fourth-order valence-corrected chi connectivity index (χ4v) is 1.49. The zero-order valence-electron chi connectivity index (χ0n) is 8.06. The van der Waals surface area contributed by atoms with Gasteiger partial charge >= 0.3 is 6.03 Å². The molecule has 80 valence electrons. The second-order valence-corrected chi connectivity index (χ2v) is 3.46. The van der Waals surface area contributed by atoms with Crippen LogP contribution < -0.4 is 11.1 Å². The van der Waals surface area contributed by atoms with Gasteiger partial charge in [0.15, 0.2) is 0 Å². The molecule has 4 N–H and O–H groups in total. The van der Waals surface area contributed by atoms with Gasteiger partial charge in [0.05, 0.1) is 6.10 Å². The van der Waals surface area contributed by atoms with Gasteiger partial charge in [0.25, 0.3) is 0 Å². The Morgan fingerprint density at radius 2 is 2.29 bits per heavy atom. The molecule has 0 saturated carbocycles. The van der Waals surface area contributed by atoms with Gasteiger partial charge in [-0.05, 0) is 13.3 Å². The molecule has 0 bridgehead atoms. The fraction of sp³-hybridized carbons (Fsp3) is 0.750. The highest BCUT2D eigenvalue weighted by molar-refractivity contribution is 5.86. The van der Waals surface area contributed by atoms with Crippen LogP contribution in [-0.2, 0) is 4.79 Å². The van der Waals surface area contributed by atoms with Gasteiger partial charge < -0.3 is 21.1 Å². The minimum absolute atomic E-state index is 0.208. The van der Waals surface area contributed by atoms with Crippen molar-refractivity contribution in [3.63, 3.8) is 0 Å². The summed E-state index contributed by atoms with van der Waals surface area (Å²) in [4.78, 5) is 23.6. The molecule has 0 aromatic rings. The Morgan fingerprint density at radius 3 is 2.71 bits per heavy atom. The number of aliphatic hydroxyl groups is 1. The molecule has 0 aromatic carbocycles. The Kier molecular flexibility index (Phi) is 3.29. The fourth-order valence-electron chi connectivity index (χ4n) is 1.49. The number of nitrogens with two attached hydrogens (primary N) is 1. The zero-order chi connectivity index (χ0) is 10.7. The van der Waals surface area contributed by atoms with Gasteiger partial charge in [-0.3, -0.25) is 4.79 Å². The number of amides is 3. The summed E-state index contributed by atoms with van der Waals surface area (Å²) in [6.45, 7) is 2.44. The van der Waals surface area contributed by atoms with E-state index in [0.717, 1.165) is 0 Å². The molecule has 0 aromatic heterocycles. The number of likely N-dealkylation sites (tertiary alicyclic amines) is 1. The molecule has 0 spiro atoms. The van der Waals surface area contributed by atoms with Crippen LogP contribution in [0.15, 0.2) is 0 Å². The van der Waals surface area contributed by atoms with Crippen molar-refractivity contribution in [2.24, 2.45) is 5.73 Å². The lowest BCUT2D eigenvalue weighted by atomic mass is 10.3. The predicted molar refractivity (Wildman–Crippen MR) is 49.4 cm³/mol. The Morgan fingerprint density at radius 1 is 1.64 bits per heavy atom. The summed E-state index contributed by atoms with van der Waals surface area (Å²) in [6, 6.07) is -1.34. The third-order valence-electron chi connectivity index (χ3n) is 2.20. The van der Waals surface area contributed by atoms with Crippen LogP contribution >= 0.6 is 0 Å². The summed E-state index contributed by atoms with van der Waals surface area (Å²) in [5.74, 6) is -0.208. The van der Waals surface area contributed by atoms with E-state index in [-0.39, 0.29) is 5.91 Å². The molecule has 1 rings (SSSR count). The largest absolute Gasteiger partial charge is 0.391 e. The summed E-state index contributed by atoms with van der Waals surface area (Å²) in [7, 11) is 0. The number of hydrogen-bond acceptors (Lipinski definition) is 3. The molecule has 6 heteroatoms. The molecular weight excluding hydrogens is 186 g/mol. The van der Waals surface area contributed by atoms with Gasteiger partial charge in [-0.25, -0.2) is 4.79 Å². The molecule has 0 radical (unpaired) electrons. The lowest BCUT2D eigenvalue weighted by Gasteiger charge is -2.20. The standard InChI is InChI=1S/C8H15N3O3/c1-5(10-8(9)14)7(13)11-3-2-6(12)4-11/h5-6,12H,2-4H2,1H3,(H3,9,10,14)/t5?,6-/m1/s1. The van der Waals surface area contributed by atoms with E-state index >= 15 is 0 Å². The van der Waals surface area contributed by atoms with Crippen LogP contribution in [-0.4, -0.2) is 47.2 Å². The number of carbonyl (C=O) groups excluding carboxylic acids is 2. The first-order valence-corrected chi connectivity index (χ1v) is 4.53. The summed E-state index contributed by atoms with van der Waals surface area (Å²) in [5, 5.41) is 11.5. The monoisotopic (exact) mass is 201 g/mol. The highest BCUT2D eigenvalue weighted by atomic mass is 16.3. The maximum atomic E-state index is 11.6. The predicted octanol–water partition coefficient (Wildman–Crippen LogP) is -1.36. The van der Waals surface area contributed by atoms with Crippen molar-refractivity contribution < 1.29 is 14.7 Å². The maximum absolute atomic E-state index is 11.6. The average Bonchev–Trinajstić information content (AvgIpc) is 2.49. The van der Waals surface area contributed by atoms with E-state index in [0.29, 0.717) is 19.5 Å². The van der Waals surface area contributed by atoms with Gasteiger partial charge in [-0.15, -0.1) is 0 Å². The average molecular weight is 201 g/mol. The molecule has 0 aliphatic carbocycles. The van der Waals surface area contributed by atoms with Crippen LogP contribution in [0.2, 0.25) is 0 Å². The first-order chi connectivity index (χ1) is 6.50. The first kappa shape index (κ1) is 10.8. The number of hydrogen-bond donors (Lipinski definition) is 3. The summed E-state index contributed by atoms with van der Waals surface area (Å²) >= 11 is 0. The maximum Gasteiger partial charge on any atom is 0.312 e. The van der Waals surface area contributed by atoms with E-state index in [9.17, 15) is 14.7 Å². The third-order valence-corrected chi connectivity index (χ3v) is 2.20. The molecule has 14 heavy (non-hydrogen) atoms. The minimum Gasteiger partial charge on any atom is -0.391 e. The Labute approximate surface area is 82.1 Å². The van der Waals surface area contributed by atoms with Crippen molar-refractivity contribution in [3.8, 4) is 0 Å². The van der Waals surface area contributed by atoms with Gasteiger partial charge in [-0.1, -0.05) is 0 Å². The number of nitrogens with zero attached hydrogens (tertiary/aromatic N) is 1. The van der Waals surface area contributed by atoms with Crippen molar-refractivity contribution in [1.82, 2.24) is 10.2 Å². The van der Waals surface area contributed by atoms with Crippen molar-refractivity contribution >= 4 is 11.9 Å². The second kappa shape index (κ2) is 4.28. The number of primary amides is 1. The summed E-state index contributed by atoms with van der Waals surface area (Å²) < 4.78 is 0. The van der Waals surface area contributed by atoms with Crippen LogP contribution in [0, 0.1) is 0 Å². The van der Waals surface area contributed by atoms with E-state index in [4.69, 9.17) is 5.73 Å². The van der Waals surface area contributed by atoms with E-state index in [1.807, 2.05) is 0 Å². The third kappa shape index (κ3) is 2.59. The van der Waals surface area contributed by atoms with Gasteiger partial charge in [0.2, 0.25) is 5.91 Å². The highest BCUT2D eigenvalue weighted by Crippen LogP contribution is 2.09. The molecular formula is C8H15N3O3. The van der Waals surface area contributed by atoms with E-state index in [1.165, 1.54) is 4.90 Å². The molecule has 1 aliphatic rings. The lowest BCUT2D eigenvalue weighted by molar-refractivity contribution is -0.132.